The lowest BCUT2D eigenvalue weighted by atomic mass is 9.96. The van der Waals surface area contributed by atoms with Crippen LogP contribution in [0.5, 0.6) is 5.75 Å². The minimum Gasteiger partial charge on any atom is -0.489 e. The minimum atomic E-state index is 0.0444. The zero-order valence-corrected chi connectivity index (χ0v) is 15.1. The summed E-state index contributed by atoms with van der Waals surface area (Å²) in [7, 11) is 0. The van der Waals surface area contributed by atoms with Crippen molar-refractivity contribution in [2.45, 2.75) is 19.6 Å². The smallest absolute Gasteiger partial charge is 0.119 e. The molecule has 1 N–H and O–H groups in total. The number of aliphatic hydroxyl groups is 1. The molecule has 0 aliphatic rings. The third kappa shape index (κ3) is 4.18. The lowest BCUT2D eigenvalue weighted by Crippen LogP contribution is -2.01. The molecular weight excluding hydrogens is 332 g/mol. The highest BCUT2D eigenvalue weighted by Gasteiger charge is 2.07. The van der Waals surface area contributed by atoms with Crippen molar-refractivity contribution in [3.05, 3.63) is 113 Å². The molecule has 2 nitrogen and oxygen atoms in total. The van der Waals surface area contributed by atoms with E-state index in [1.165, 1.54) is 16.3 Å². The molecule has 0 aliphatic carbocycles. The van der Waals surface area contributed by atoms with Crippen molar-refractivity contribution in [3.8, 4) is 5.75 Å². The van der Waals surface area contributed by atoms with Crippen LogP contribution in [0.15, 0.2) is 91.0 Å². The number of ether oxygens (including phenoxy) is 1. The molecule has 27 heavy (non-hydrogen) atoms. The van der Waals surface area contributed by atoms with Gasteiger partial charge >= 0.3 is 0 Å². The number of fused-ring (bicyclic) bond motifs is 1. The Kier molecular flexibility index (Phi) is 5.17. The maximum absolute atomic E-state index is 9.74. The molecule has 0 saturated heterocycles. The van der Waals surface area contributed by atoms with Crippen LogP contribution < -0.4 is 4.74 Å². The van der Waals surface area contributed by atoms with Crippen molar-refractivity contribution in [1.82, 2.24) is 0 Å². The zero-order chi connectivity index (χ0) is 18.5. The minimum absolute atomic E-state index is 0.0444. The van der Waals surface area contributed by atoms with Crippen molar-refractivity contribution in [2.24, 2.45) is 0 Å². The molecule has 0 aromatic heterocycles. The summed E-state index contributed by atoms with van der Waals surface area (Å²) < 4.78 is 5.87. The first-order chi connectivity index (χ1) is 13.3. The van der Waals surface area contributed by atoms with Crippen molar-refractivity contribution in [3.63, 3.8) is 0 Å². The Bertz CT molecular complexity index is 1040. The number of rotatable bonds is 6. The summed E-state index contributed by atoms with van der Waals surface area (Å²) in [6.45, 7) is 0.559. The fourth-order valence-corrected chi connectivity index (χ4v) is 3.34. The van der Waals surface area contributed by atoms with Gasteiger partial charge in [-0.1, -0.05) is 78.9 Å². The molecule has 134 valence electrons. The number of hydrogen-bond donors (Lipinski definition) is 1. The van der Waals surface area contributed by atoms with Gasteiger partial charge in [0.2, 0.25) is 0 Å². The average Bonchev–Trinajstić information content (AvgIpc) is 2.73. The van der Waals surface area contributed by atoms with E-state index in [-0.39, 0.29) is 6.61 Å². The average molecular weight is 354 g/mol. The monoisotopic (exact) mass is 354 g/mol. The molecule has 0 atom stereocenters. The molecular formula is C25H22O2. The molecule has 4 rings (SSSR count). The molecule has 0 fully saturated rings. The van der Waals surface area contributed by atoms with Gasteiger partial charge in [-0.25, -0.2) is 0 Å². The van der Waals surface area contributed by atoms with Crippen LogP contribution in [0.25, 0.3) is 10.8 Å². The van der Waals surface area contributed by atoms with Gasteiger partial charge < -0.3 is 9.84 Å². The standard InChI is InChI=1S/C25H22O2/c26-17-23-13-11-20(18-27-25-8-2-1-3-9-25)16-24(23)15-19-10-12-21-6-4-5-7-22(21)14-19/h1-14,16,26H,15,17-18H2. The first-order valence-electron chi connectivity index (χ1n) is 9.19. The predicted molar refractivity (Wildman–Crippen MR) is 110 cm³/mol. The SMILES string of the molecule is OCc1ccc(COc2ccccc2)cc1Cc1ccc2ccccc2c1. The quantitative estimate of drug-likeness (QED) is 0.495. The van der Waals surface area contributed by atoms with Gasteiger partial charge in [0.25, 0.3) is 0 Å². The van der Waals surface area contributed by atoms with Gasteiger partial charge in [-0.3, -0.25) is 0 Å². The molecule has 2 heteroatoms. The van der Waals surface area contributed by atoms with Crippen molar-refractivity contribution >= 4 is 10.8 Å². The Balaban J connectivity index is 1.56. The van der Waals surface area contributed by atoms with Crippen LogP contribution >= 0.6 is 0 Å². The second-order valence-electron chi connectivity index (χ2n) is 6.72. The molecule has 4 aromatic rings. The maximum atomic E-state index is 9.74. The highest BCUT2D eigenvalue weighted by Crippen LogP contribution is 2.22. The van der Waals surface area contributed by atoms with Gasteiger partial charge in [0, 0.05) is 0 Å². The summed E-state index contributed by atoms with van der Waals surface area (Å²) in [4.78, 5) is 0. The molecule has 0 bridgehead atoms. The highest BCUT2D eigenvalue weighted by atomic mass is 16.5. The zero-order valence-electron chi connectivity index (χ0n) is 15.1. The molecule has 0 heterocycles. The predicted octanol–water partition coefficient (Wildman–Crippen LogP) is 5.50. The molecule has 0 unspecified atom stereocenters. The van der Waals surface area contributed by atoms with E-state index in [0.29, 0.717) is 6.61 Å². The van der Waals surface area contributed by atoms with Crippen molar-refractivity contribution in [1.29, 1.82) is 0 Å². The van der Waals surface area contributed by atoms with E-state index in [1.54, 1.807) is 0 Å². The Morgan fingerprint density at radius 2 is 1.37 bits per heavy atom. The van der Waals surface area contributed by atoms with Crippen LogP contribution in [0.2, 0.25) is 0 Å². The van der Waals surface area contributed by atoms with E-state index in [9.17, 15) is 5.11 Å². The topological polar surface area (TPSA) is 29.5 Å². The number of aliphatic hydroxyl groups excluding tert-OH is 1. The largest absolute Gasteiger partial charge is 0.489 e. The Hall–Kier alpha value is -3.10. The van der Waals surface area contributed by atoms with Gasteiger partial charge in [-0.2, -0.15) is 0 Å². The summed E-state index contributed by atoms with van der Waals surface area (Å²) >= 11 is 0. The van der Waals surface area contributed by atoms with Gasteiger partial charge in [0.15, 0.2) is 0 Å². The van der Waals surface area contributed by atoms with E-state index >= 15 is 0 Å². The van der Waals surface area contributed by atoms with Crippen LogP contribution in [0, 0.1) is 0 Å². The van der Waals surface area contributed by atoms with Crippen LogP contribution in [-0.2, 0) is 19.6 Å². The summed E-state index contributed by atoms with van der Waals surface area (Å²) in [6, 6.07) is 30.9. The lowest BCUT2D eigenvalue weighted by Gasteiger charge is -2.12. The van der Waals surface area contributed by atoms with Gasteiger partial charge in [-0.15, -0.1) is 0 Å². The van der Waals surface area contributed by atoms with E-state index in [0.717, 1.165) is 28.9 Å². The molecule has 0 aliphatic heterocycles. The highest BCUT2D eigenvalue weighted by molar-refractivity contribution is 5.83. The van der Waals surface area contributed by atoms with Gasteiger partial charge in [-0.05, 0) is 51.6 Å². The fraction of sp³-hybridized carbons (Fsp3) is 0.120. The van der Waals surface area contributed by atoms with Gasteiger partial charge in [0.05, 0.1) is 6.61 Å². The number of hydrogen-bond acceptors (Lipinski definition) is 2. The lowest BCUT2D eigenvalue weighted by molar-refractivity contribution is 0.280. The van der Waals surface area contributed by atoms with E-state index in [2.05, 4.69) is 48.5 Å². The first-order valence-corrected chi connectivity index (χ1v) is 9.19. The van der Waals surface area contributed by atoms with E-state index in [1.807, 2.05) is 42.5 Å². The molecule has 0 amide bonds. The van der Waals surface area contributed by atoms with Crippen LogP contribution in [0.3, 0.4) is 0 Å². The Morgan fingerprint density at radius 3 is 2.19 bits per heavy atom. The third-order valence-corrected chi connectivity index (χ3v) is 4.80. The molecule has 0 saturated carbocycles. The number of para-hydroxylation sites is 1. The van der Waals surface area contributed by atoms with Crippen LogP contribution in [0.4, 0.5) is 0 Å². The van der Waals surface area contributed by atoms with Crippen molar-refractivity contribution in [2.75, 3.05) is 0 Å². The Labute approximate surface area is 159 Å². The van der Waals surface area contributed by atoms with Crippen LogP contribution in [-0.4, -0.2) is 5.11 Å². The van der Waals surface area contributed by atoms with Crippen molar-refractivity contribution < 1.29 is 9.84 Å². The molecule has 4 aromatic carbocycles. The van der Waals surface area contributed by atoms with E-state index in [4.69, 9.17) is 4.74 Å². The maximum Gasteiger partial charge on any atom is 0.119 e. The second kappa shape index (κ2) is 8.07. The molecule has 0 radical (unpaired) electrons. The van der Waals surface area contributed by atoms with Crippen LogP contribution in [0.1, 0.15) is 22.3 Å². The summed E-state index contributed by atoms with van der Waals surface area (Å²) in [6.07, 6.45) is 0.792. The second-order valence-corrected chi connectivity index (χ2v) is 6.72. The fourth-order valence-electron chi connectivity index (χ4n) is 3.34. The summed E-state index contributed by atoms with van der Waals surface area (Å²) in [5, 5.41) is 12.2. The number of benzene rings is 4. The first kappa shape index (κ1) is 17.3. The van der Waals surface area contributed by atoms with Gasteiger partial charge in [0.1, 0.15) is 12.4 Å². The Morgan fingerprint density at radius 1 is 0.630 bits per heavy atom. The normalized spacial score (nSPS) is 10.9. The summed E-state index contributed by atoms with van der Waals surface area (Å²) in [5.74, 6) is 0.861. The summed E-state index contributed by atoms with van der Waals surface area (Å²) in [5.41, 5.74) is 4.45. The third-order valence-electron chi connectivity index (χ3n) is 4.80. The molecule has 0 spiro atoms. The van der Waals surface area contributed by atoms with E-state index < -0.39 is 0 Å².